The highest BCUT2D eigenvalue weighted by Crippen LogP contribution is 2.35. The lowest BCUT2D eigenvalue weighted by Crippen LogP contribution is -2.32. The largest absolute Gasteiger partial charge is 0.490 e. The molecule has 14 heteroatoms. The first-order valence-corrected chi connectivity index (χ1v) is 12.2. The molecule has 0 aliphatic heterocycles. The van der Waals surface area contributed by atoms with Crippen LogP contribution in [-0.2, 0) is 20.6 Å². The average molecular weight is 597 g/mol. The Kier molecular flexibility index (Phi) is 10.3. The number of nitrogens with one attached hydrogen (secondary N) is 3. The molecule has 3 rings (SSSR count). The lowest BCUT2D eigenvalue weighted by molar-refractivity contribution is -0.137. The van der Waals surface area contributed by atoms with Crippen LogP contribution in [0.2, 0.25) is 10.0 Å². The van der Waals surface area contributed by atoms with Gasteiger partial charge in [-0.15, -0.1) is 0 Å². The fourth-order valence-corrected chi connectivity index (χ4v) is 3.50. The van der Waals surface area contributed by atoms with Gasteiger partial charge in [0.2, 0.25) is 0 Å². The molecule has 210 valence electrons. The van der Waals surface area contributed by atoms with Gasteiger partial charge in [0.15, 0.2) is 18.1 Å². The maximum Gasteiger partial charge on any atom is 0.418 e. The molecule has 3 N–H and O–H groups in total. The van der Waals surface area contributed by atoms with Crippen LogP contribution >= 0.6 is 23.2 Å². The van der Waals surface area contributed by atoms with E-state index in [9.17, 15) is 27.6 Å². The van der Waals surface area contributed by atoms with Gasteiger partial charge in [0.25, 0.3) is 5.91 Å². The molecule has 0 saturated heterocycles. The van der Waals surface area contributed by atoms with Crippen LogP contribution in [0.4, 0.5) is 24.5 Å². The lowest BCUT2D eigenvalue weighted by Gasteiger charge is -2.15. The SMILES string of the molecule is CCOc1cc(/C=N\NC(=O)C(=O)Nc2cccc(Cl)c2Cl)ccc1OCC(=O)Nc1ccccc1C(F)(F)F. The van der Waals surface area contributed by atoms with Gasteiger partial charge in [-0.2, -0.15) is 18.3 Å². The Bertz CT molecular complexity index is 1430. The van der Waals surface area contributed by atoms with Crippen molar-refractivity contribution in [3.63, 3.8) is 0 Å². The number of para-hydroxylation sites is 1. The summed E-state index contributed by atoms with van der Waals surface area (Å²) in [6.07, 6.45) is -3.41. The van der Waals surface area contributed by atoms with E-state index in [0.29, 0.717) is 5.56 Å². The molecule has 0 atom stereocenters. The summed E-state index contributed by atoms with van der Waals surface area (Å²) in [5, 5.41) is 8.50. The molecule has 0 aromatic heterocycles. The Hall–Kier alpha value is -4.29. The molecule has 0 bridgehead atoms. The Morgan fingerprint density at radius 1 is 0.900 bits per heavy atom. The number of ether oxygens (including phenoxy) is 2. The molecule has 0 saturated carbocycles. The van der Waals surface area contributed by atoms with Crippen molar-refractivity contribution in [2.45, 2.75) is 13.1 Å². The second kappa shape index (κ2) is 13.7. The number of hydrazone groups is 1. The minimum Gasteiger partial charge on any atom is -0.490 e. The zero-order chi connectivity index (χ0) is 29.3. The zero-order valence-corrected chi connectivity index (χ0v) is 22.2. The highest BCUT2D eigenvalue weighted by atomic mass is 35.5. The van der Waals surface area contributed by atoms with E-state index in [1.165, 1.54) is 48.7 Å². The molecule has 0 radical (unpaired) electrons. The summed E-state index contributed by atoms with van der Waals surface area (Å²) in [6.45, 7) is 1.34. The summed E-state index contributed by atoms with van der Waals surface area (Å²) < 4.78 is 50.4. The van der Waals surface area contributed by atoms with Crippen LogP contribution in [0.15, 0.2) is 65.8 Å². The van der Waals surface area contributed by atoms with E-state index in [0.717, 1.165) is 12.1 Å². The van der Waals surface area contributed by atoms with Crippen LogP contribution in [0.3, 0.4) is 0 Å². The normalized spacial score (nSPS) is 11.2. The van der Waals surface area contributed by atoms with Crippen LogP contribution in [0.1, 0.15) is 18.1 Å². The molecule has 0 aliphatic carbocycles. The number of hydrogen-bond donors (Lipinski definition) is 3. The van der Waals surface area contributed by atoms with Crippen molar-refractivity contribution < 1.29 is 37.0 Å². The Morgan fingerprint density at radius 3 is 2.35 bits per heavy atom. The van der Waals surface area contributed by atoms with E-state index in [2.05, 4.69) is 21.2 Å². The molecular weight excluding hydrogens is 576 g/mol. The van der Waals surface area contributed by atoms with Gasteiger partial charge >= 0.3 is 18.0 Å². The maximum absolute atomic E-state index is 13.2. The van der Waals surface area contributed by atoms with Crippen LogP contribution in [-0.4, -0.2) is 37.1 Å². The van der Waals surface area contributed by atoms with Crippen molar-refractivity contribution in [3.05, 3.63) is 81.8 Å². The number of hydrogen-bond acceptors (Lipinski definition) is 6. The molecule has 0 unspecified atom stereocenters. The van der Waals surface area contributed by atoms with Crippen molar-refractivity contribution in [1.82, 2.24) is 5.43 Å². The number of halogens is 5. The fourth-order valence-electron chi connectivity index (χ4n) is 3.16. The van der Waals surface area contributed by atoms with Crippen molar-refractivity contribution in [1.29, 1.82) is 0 Å². The number of alkyl halides is 3. The van der Waals surface area contributed by atoms with Gasteiger partial charge in [-0.1, -0.05) is 41.4 Å². The molecule has 9 nitrogen and oxygen atoms in total. The molecule has 40 heavy (non-hydrogen) atoms. The molecule has 3 aromatic rings. The van der Waals surface area contributed by atoms with Gasteiger partial charge in [0.1, 0.15) is 0 Å². The lowest BCUT2D eigenvalue weighted by atomic mass is 10.1. The van der Waals surface area contributed by atoms with E-state index < -0.39 is 41.8 Å². The summed E-state index contributed by atoms with van der Waals surface area (Å²) in [5.41, 5.74) is 1.26. The number of carbonyl (C=O) groups excluding carboxylic acids is 3. The second-order valence-corrected chi connectivity index (χ2v) is 8.56. The zero-order valence-electron chi connectivity index (χ0n) is 20.6. The van der Waals surface area contributed by atoms with E-state index in [1.807, 2.05) is 0 Å². The van der Waals surface area contributed by atoms with E-state index in [-0.39, 0.29) is 33.8 Å². The van der Waals surface area contributed by atoms with Crippen LogP contribution in [0, 0.1) is 0 Å². The van der Waals surface area contributed by atoms with Gasteiger partial charge < -0.3 is 20.1 Å². The van der Waals surface area contributed by atoms with Crippen LogP contribution in [0.25, 0.3) is 0 Å². The first-order valence-electron chi connectivity index (χ1n) is 11.4. The predicted molar refractivity (Wildman–Crippen MR) is 144 cm³/mol. The van der Waals surface area contributed by atoms with Gasteiger partial charge in [0.05, 0.1) is 39.8 Å². The number of benzene rings is 3. The number of nitrogens with zero attached hydrogens (tertiary/aromatic N) is 1. The summed E-state index contributed by atoms with van der Waals surface area (Å²) in [4.78, 5) is 36.4. The first-order chi connectivity index (χ1) is 19.0. The smallest absolute Gasteiger partial charge is 0.418 e. The van der Waals surface area contributed by atoms with Crippen molar-refractivity contribution >= 4 is 58.5 Å². The third-order valence-corrected chi connectivity index (χ3v) is 5.74. The molecular formula is C26H21Cl2F3N4O5. The van der Waals surface area contributed by atoms with Crippen molar-refractivity contribution in [2.24, 2.45) is 5.10 Å². The number of rotatable bonds is 9. The van der Waals surface area contributed by atoms with E-state index in [4.69, 9.17) is 32.7 Å². The monoisotopic (exact) mass is 596 g/mol. The van der Waals surface area contributed by atoms with Crippen LogP contribution in [0.5, 0.6) is 11.5 Å². The number of carbonyl (C=O) groups is 3. The van der Waals surface area contributed by atoms with Crippen molar-refractivity contribution in [3.8, 4) is 11.5 Å². The summed E-state index contributed by atoms with van der Waals surface area (Å²) in [5.74, 6) is -2.58. The topological polar surface area (TPSA) is 118 Å². The van der Waals surface area contributed by atoms with Gasteiger partial charge in [-0.3, -0.25) is 14.4 Å². The second-order valence-electron chi connectivity index (χ2n) is 7.77. The molecule has 0 spiro atoms. The third kappa shape index (κ3) is 8.35. The summed E-state index contributed by atoms with van der Waals surface area (Å²) in [7, 11) is 0. The van der Waals surface area contributed by atoms with Gasteiger partial charge in [-0.05, 0) is 55.0 Å². The number of amides is 3. The molecule has 0 aliphatic rings. The molecule has 0 fully saturated rings. The highest BCUT2D eigenvalue weighted by molar-refractivity contribution is 6.45. The van der Waals surface area contributed by atoms with Crippen LogP contribution < -0.4 is 25.5 Å². The summed E-state index contributed by atoms with van der Waals surface area (Å²) in [6, 6.07) is 13.5. The van der Waals surface area contributed by atoms with Crippen molar-refractivity contribution in [2.75, 3.05) is 23.8 Å². The molecule has 3 aromatic carbocycles. The van der Waals surface area contributed by atoms with E-state index >= 15 is 0 Å². The minimum atomic E-state index is -4.64. The molecule has 0 heterocycles. The average Bonchev–Trinajstić information content (AvgIpc) is 2.90. The maximum atomic E-state index is 13.2. The van der Waals surface area contributed by atoms with Gasteiger partial charge in [-0.25, -0.2) is 5.43 Å². The quantitative estimate of drug-likeness (QED) is 0.171. The van der Waals surface area contributed by atoms with Gasteiger partial charge in [0, 0.05) is 0 Å². The van der Waals surface area contributed by atoms with E-state index in [1.54, 1.807) is 13.0 Å². The molecule has 3 amide bonds. The minimum absolute atomic E-state index is 0.0724. The highest BCUT2D eigenvalue weighted by Gasteiger charge is 2.33. The Labute approximate surface area is 236 Å². The third-order valence-electron chi connectivity index (χ3n) is 4.92. The summed E-state index contributed by atoms with van der Waals surface area (Å²) >= 11 is 11.9. The predicted octanol–water partition coefficient (Wildman–Crippen LogP) is 5.52. The Morgan fingerprint density at radius 2 is 1.62 bits per heavy atom. The Balaban J connectivity index is 1.60. The first kappa shape index (κ1) is 30.3. The standard InChI is InChI=1S/C26H21Cl2F3N4O5/c1-2-39-21-12-15(13-32-35-25(38)24(37)34-19-9-5-7-17(27)23(19)28)10-11-20(21)40-14-22(36)33-18-8-4-3-6-16(18)26(29,30)31/h3-13H,2,14H2,1H3,(H,33,36)(H,34,37)(H,35,38)/b32-13-. The fraction of sp³-hybridized carbons (Fsp3) is 0.154. The number of anilines is 2.